The number of rotatable bonds is 5. The number of aromatic nitrogens is 1. The van der Waals surface area contributed by atoms with Gasteiger partial charge in [0.05, 0.1) is 12.0 Å². The minimum atomic E-state index is -3.65. The molecule has 0 saturated heterocycles. The van der Waals surface area contributed by atoms with Crippen molar-refractivity contribution >= 4 is 21.6 Å². The number of carbonyl (C=O) groups is 1. The quantitative estimate of drug-likeness (QED) is 0.871. The van der Waals surface area contributed by atoms with Gasteiger partial charge in [0.15, 0.2) is 0 Å². The average molecular weight is 361 g/mol. The van der Waals surface area contributed by atoms with E-state index >= 15 is 0 Å². The maximum absolute atomic E-state index is 12.5. The number of benzene rings is 1. The van der Waals surface area contributed by atoms with Crippen LogP contribution in [0.3, 0.4) is 0 Å². The highest BCUT2D eigenvalue weighted by Crippen LogP contribution is 2.30. The van der Waals surface area contributed by atoms with Crippen LogP contribution in [0.2, 0.25) is 0 Å². The summed E-state index contributed by atoms with van der Waals surface area (Å²) in [7, 11) is -2.15. The van der Waals surface area contributed by atoms with E-state index in [1.54, 1.807) is 35.4 Å². The van der Waals surface area contributed by atoms with Crippen LogP contribution in [0.5, 0.6) is 5.88 Å². The Morgan fingerprint density at radius 2 is 2.12 bits per heavy atom. The Hall–Kier alpha value is -2.45. The second-order valence-electron chi connectivity index (χ2n) is 5.74. The average Bonchev–Trinajstić information content (AvgIpc) is 3.03. The van der Waals surface area contributed by atoms with Gasteiger partial charge in [0.2, 0.25) is 21.8 Å². The SMILES string of the molecule is COc1cc(CNS(=O)(=O)c2ccc3c(c2)CCN3C(C)=O)ccn1. The van der Waals surface area contributed by atoms with E-state index in [1.165, 1.54) is 20.1 Å². The fraction of sp³-hybridized carbons (Fsp3) is 0.294. The fourth-order valence-electron chi connectivity index (χ4n) is 2.81. The summed E-state index contributed by atoms with van der Waals surface area (Å²) in [6, 6.07) is 8.24. The molecule has 0 aliphatic carbocycles. The van der Waals surface area contributed by atoms with Crippen LogP contribution in [-0.2, 0) is 27.8 Å². The van der Waals surface area contributed by atoms with E-state index in [1.807, 2.05) is 0 Å². The fourth-order valence-corrected chi connectivity index (χ4v) is 3.87. The number of nitrogens with one attached hydrogen (secondary N) is 1. The molecule has 1 aliphatic rings. The highest BCUT2D eigenvalue weighted by atomic mass is 32.2. The zero-order chi connectivity index (χ0) is 18.0. The van der Waals surface area contributed by atoms with Gasteiger partial charge in [-0.3, -0.25) is 4.79 Å². The Labute approximate surface area is 146 Å². The third-order valence-corrected chi connectivity index (χ3v) is 5.51. The molecule has 25 heavy (non-hydrogen) atoms. The standard InChI is InChI=1S/C17H19N3O4S/c1-12(21)20-8-6-14-10-15(3-4-16(14)20)25(22,23)19-11-13-5-7-18-17(9-13)24-2/h3-5,7,9-10,19H,6,8,11H2,1-2H3. The Balaban J connectivity index is 1.78. The van der Waals surface area contributed by atoms with E-state index in [0.29, 0.717) is 18.8 Å². The molecule has 0 fully saturated rings. The molecule has 0 radical (unpaired) electrons. The van der Waals surface area contributed by atoms with Gasteiger partial charge in [-0.1, -0.05) is 0 Å². The Bertz CT molecular complexity index is 912. The summed E-state index contributed by atoms with van der Waals surface area (Å²) in [5, 5.41) is 0. The molecule has 8 heteroatoms. The molecule has 1 aromatic carbocycles. The maximum atomic E-state index is 12.5. The Kier molecular flexibility index (Phi) is 4.73. The van der Waals surface area contributed by atoms with Gasteiger partial charge in [-0.2, -0.15) is 0 Å². The maximum Gasteiger partial charge on any atom is 0.240 e. The summed E-state index contributed by atoms with van der Waals surface area (Å²) in [5.41, 5.74) is 2.40. The largest absolute Gasteiger partial charge is 0.481 e. The molecule has 1 amide bonds. The highest BCUT2D eigenvalue weighted by Gasteiger charge is 2.24. The smallest absolute Gasteiger partial charge is 0.240 e. The number of sulfonamides is 1. The molecule has 0 atom stereocenters. The summed E-state index contributed by atoms with van der Waals surface area (Å²) < 4.78 is 32.7. The van der Waals surface area contributed by atoms with Crippen molar-refractivity contribution in [1.82, 2.24) is 9.71 Å². The molecule has 2 heterocycles. The van der Waals surface area contributed by atoms with Crippen molar-refractivity contribution in [2.75, 3.05) is 18.6 Å². The lowest BCUT2D eigenvalue weighted by Crippen LogP contribution is -2.26. The topological polar surface area (TPSA) is 88.6 Å². The van der Waals surface area contributed by atoms with Gasteiger partial charge < -0.3 is 9.64 Å². The van der Waals surface area contributed by atoms with E-state index in [9.17, 15) is 13.2 Å². The summed E-state index contributed by atoms with van der Waals surface area (Å²) in [6.07, 6.45) is 2.22. The van der Waals surface area contributed by atoms with Crippen molar-refractivity contribution in [3.05, 3.63) is 47.7 Å². The lowest BCUT2D eigenvalue weighted by molar-refractivity contribution is -0.116. The molecule has 1 aromatic heterocycles. The van der Waals surface area contributed by atoms with Crippen molar-refractivity contribution in [2.24, 2.45) is 0 Å². The minimum Gasteiger partial charge on any atom is -0.481 e. The van der Waals surface area contributed by atoms with E-state index in [-0.39, 0.29) is 17.3 Å². The normalized spacial score (nSPS) is 13.6. The number of hydrogen-bond acceptors (Lipinski definition) is 5. The molecule has 0 saturated carbocycles. The number of anilines is 1. The van der Waals surface area contributed by atoms with Crippen LogP contribution in [0.25, 0.3) is 0 Å². The van der Waals surface area contributed by atoms with Crippen LogP contribution in [0, 0.1) is 0 Å². The van der Waals surface area contributed by atoms with Crippen LogP contribution >= 0.6 is 0 Å². The number of fused-ring (bicyclic) bond motifs is 1. The predicted octanol–water partition coefficient (Wildman–Crippen LogP) is 1.48. The first kappa shape index (κ1) is 17.4. The molecular weight excluding hydrogens is 342 g/mol. The molecular formula is C17H19N3O4S. The summed E-state index contributed by atoms with van der Waals surface area (Å²) in [5.74, 6) is 0.387. The van der Waals surface area contributed by atoms with E-state index < -0.39 is 10.0 Å². The zero-order valence-corrected chi connectivity index (χ0v) is 14.8. The number of nitrogens with zero attached hydrogens (tertiary/aromatic N) is 2. The van der Waals surface area contributed by atoms with Gasteiger partial charge in [0, 0.05) is 38.0 Å². The first-order valence-electron chi connectivity index (χ1n) is 7.80. The molecule has 2 aromatic rings. The molecule has 0 bridgehead atoms. The van der Waals surface area contributed by atoms with Crippen LogP contribution in [0.15, 0.2) is 41.4 Å². The van der Waals surface area contributed by atoms with Gasteiger partial charge in [-0.25, -0.2) is 18.1 Å². The number of hydrogen-bond donors (Lipinski definition) is 1. The lowest BCUT2D eigenvalue weighted by atomic mass is 10.2. The van der Waals surface area contributed by atoms with Crippen molar-refractivity contribution in [3.63, 3.8) is 0 Å². The number of methoxy groups -OCH3 is 1. The number of pyridine rings is 1. The number of amides is 1. The second-order valence-corrected chi connectivity index (χ2v) is 7.51. The third kappa shape index (κ3) is 3.64. The van der Waals surface area contributed by atoms with E-state index in [4.69, 9.17) is 4.74 Å². The lowest BCUT2D eigenvalue weighted by Gasteiger charge is -2.15. The molecule has 1 N–H and O–H groups in total. The van der Waals surface area contributed by atoms with E-state index in [0.717, 1.165) is 16.8 Å². The van der Waals surface area contributed by atoms with E-state index in [2.05, 4.69) is 9.71 Å². The minimum absolute atomic E-state index is 0.0425. The molecule has 3 rings (SSSR count). The molecule has 0 spiro atoms. The first-order valence-corrected chi connectivity index (χ1v) is 9.28. The van der Waals surface area contributed by atoms with Crippen molar-refractivity contribution in [2.45, 2.75) is 24.8 Å². The Morgan fingerprint density at radius 3 is 2.84 bits per heavy atom. The van der Waals surface area contributed by atoms with Crippen LogP contribution in [0.4, 0.5) is 5.69 Å². The molecule has 7 nitrogen and oxygen atoms in total. The summed E-state index contributed by atoms with van der Waals surface area (Å²) >= 11 is 0. The van der Waals surface area contributed by atoms with Crippen molar-refractivity contribution < 1.29 is 17.9 Å². The predicted molar refractivity (Wildman–Crippen MR) is 93.0 cm³/mol. The van der Waals surface area contributed by atoms with Gasteiger partial charge in [-0.05, 0) is 41.8 Å². The van der Waals surface area contributed by atoms with Crippen molar-refractivity contribution in [3.8, 4) is 5.88 Å². The summed E-state index contributed by atoms with van der Waals surface area (Å²) in [4.78, 5) is 17.4. The highest BCUT2D eigenvalue weighted by molar-refractivity contribution is 7.89. The molecule has 132 valence electrons. The van der Waals surface area contributed by atoms with Gasteiger partial charge in [0.1, 0.15) is 0 Å². The second kappa shape index (κ2) is 6.81. The van der Waals surface area contributed by atoms with Crippen LogP contribution in [-0.4, -0.2) is 33.0 Å². The summed E-state index contributed by atoms with van der Waals surface area (Å²) in [6.45, 7) is 2.22. The van der Waals surface area contributed by atoms with Gasteiger partial charge in [-0.15, -0.1) is 0 Å². The van der Waals surface area contributed by atoms with Crippen molar-refractivity contribution in [1.29, 1.82) is 0 Å². The number of ether oxygens (including phenoxy) is 1. The zero-order valence-electron chi connectivity index (χ0n) is 14.0. The van der Waals surface area contributed by atoms with Crippen LogP contribution < -0.4 is 14.4 Å². The van der Waals surface area contributed by atoms with Gasteiger partial charge in [0.25, 0.3) is 0 Å². The molecule has 0 unspecified atom stereocenters. The third-order valence-electron chi connectivity index (χ3n) is 4.11. The number of carbonyl (C=O) groups excluding carboxylic acids is 1. The van der Waals surface area contributed by atoms with Crippen LogP contribution in [0.1, 0.15) is 18.1 Å². The Morgan fingerprint density at radius 1 is 1.32 bits per heavy atom. The monoisotopic (exact) mass is 361 g/mol. The molecule has 1 aliphatic heterocycles. The first-order chi connectivity index (χ1) is 11.9. The van der Waals surface area contributed by atoms with Gasteiger partial charge >= 0.3 is 0 Å².